The molecule has 9 heteroatoms. The molecule has 0 unspecified atom stereocenters. The Hall–Kier alpha value is -3.14. The number of hydrogen-bond acceptors (Lipinski definition) is 7. The van der Waals surface area contributed by atoms with E-state index in [9.17, 15) is 14.7 Å². The van der Waals surface area contributed by atoms with Crippen LogP contribution < -0.4 is 10.9 Å². The summed E-state index contributed by atoms with van der Waals surface area (Å²) in [6, 6.07) is 15.2. The van der Waals surface area contributed by atoms with Gasteiger partial charge in [-0.3, -0.25) is 14.2 Å². The van der Waals surface area contributed by atoms with Crippen molar-refractivity contribution >= 4 is 39.1 Å². The second-order valence-corrected chi connectivity index (χ2v) is 12.0. The van der Waals surface area contributed by atoms with Crippen LogP contribution in [0.25, 0.3) is 15.8 Å². The molecule has 2 N–H and O–H groups in total. The standard InChI is InChI=1S/C29H30N4O3S2/c34-25-10-3-2-9-24(25)33-28(36)22-17-32(15-13-23(22)31-29(33)38-20-6-5-7-20)27(35)12-14-30-16-19-18-37-26-11-4-1-8-21(19)26/h1-4,8-11,18,20,30,34H,5-7,12-17H2. The molecular weight excluding hydrogens is 516 g/mol. The van der Waals surface area contributed by atoms with E-state index >= 15 is 0 Å². The number of aromatic hydroxyl groups is 1. The van der Waals surface area contributed by atoms with Crippen molar-refractivity contribution in [3.8, 4) is 11.4 Å². The monoisotopic (exact) mass is 546 g/mol. The Morgan fingerprint density at radius 3 is 2.79 bits per heavy atom. The van der Waals surface area contributed by atoms with Gasteiger partial charge in [0.25, 0.3) is 5.56 Å². The van der Waals surface area contributed by atoms with Gasteiger partial charge in [0.15, 0.2) is 5.16 Å². The highest BCUT2D eigenvalue weighted by Crippen LogP contribution is 2.37. The maximum atomic E-state index is 13.8. The fourth-order valence-corrected chi connectivity index (χ4v) is 7.28. The zero-order valence-corrected chi connectivity index (χ0v) is 22.7. The zero-order chi connectivity index (χ0) is 26.1. The molecule has 1 saturated carbocycles. The summed E-state index contributed by atoms with van der Waals surface area (Å²) >= 11 is 3.36. The molecule has 0 radical (unpaired) electrons. The molecule has 2 aromatic heterocycles. The first-order chi connectivity index (χ1) is 18.6. The zero-order valence-electron chi connectivity index (χ0n) is 21.1. The summed E-state index contributed by atoms with van der Waals surface area (Å²) in [5, 5.41) is 18.4. The largest absolute Gasteiger partial charge is 0.506 e. The normalized spacial score (nSPS) is 15.4. The Bertz CT molecular complexity index is 1540. The first kappa shape index (κ1) is 25.2. The summed E-state index contributed by atoms with van der Waals surface area (Å²) in [5.41, 5.74) is 2.80. The van der Waals surface area contributed by atoms with Crippen molar-refractivity contribution in [2.45, 2.75) is 55.6 Å². The molecule has 1 aliphatic carbocycles. The number of phenols is 1. The molecule has 4 aromatic rings. The van der Waals surface area contributed by atoms with E-state index in [4.69, 9.17) is 4.98 Å². The molecular formula is C29H30N4O3S2. The number of rotatable bonds is 8. The molecule has 6 rings (SSSR count). The summed E-state index contributed by atoms with van der Waals surface area (Å²) in [6.07, 6.45) is 4.34. The number of thioether (sulfide) groups is 1. The van der Waals surface area contributed by atoms with Crippen molar-refractivity contribution in [2.75, 3.05) is 13.1 Å². The van der Waals surface area contributed by atoms with Crippen LogP contribution in [0, 0.1) is 0 Å². The average Bonchev–Trinajstić information content (AvgIpc) is 3.32. The maximum absolute atomic E-state index is 13.8. The predicted molar refractivity (Wildman–Crippen MR) is 152 cm³/mol. The quantitative estimate of drug-likeness (QED) is 0.242. The van der Waals surface area contributed by atoms with Crippen LogP contribution in [0.1, 0.15) is 42.5 Å². The molecule has 1 aliphatic heterocycles. The molecule has 2 aromatic carbocycles. The summed E-state index contributed by atoms with van der Waals surface area (Å²) < 4.78 is 2.81. The first-order valence-corrected chi connectivity index (χ1v) is 14.9. The van der Waals surface area contributed by atoms with Crippen LogP contribution in [-0.4, -0.2) is 43.8 Å². The van der Waals surface area contributed by atoms with E-state index in [0.717, 1.165) is 25.1 Å². The van der Waals surface area contributed by atoms with Gasteiger partial charge in [-0.1, -0.05) is 48.5 Å². The highest BCUT2D eigenvalue weighted by molar-refractivity contribution is 7.99. The molecule has 0 spiro atoms. The first-order valence-electron chi connectivity index (χ1n) is 13.1. The highest BCUT2D eigenvalue weighted by Gasteiger charge is 2.29. The lowest BCUT2D eigenvalue weighted by Crippen LogP contribution is -2.42. The van der Waals surface area contributed by atoms with Gasteiger partial charge in [0.05, 0.1) is 23.5 Å². The topological polar surface area (TPSA) is 87.5 Å². The van der Waals surface area contributed by atoms with Crippen molar-refractivity contribution in [3.05, 3.63) is 81.1 Å². The Labute approximate surface area is 229 Å². The van der Waals surface area contributed by atoms with Crippen LogP contribution in [0.15, 0.2) is 63.9 Å². The number of para-hydroxylation sites is 2. The van der Waals surface area contributed by atoms with E-state index in [1.807, 2.05) is 12.1 Å². The Balaban J connectivity index is 1.16. The Morgan fingerprint density at radius 2 is 1.97 bits per heavy atom. The van der Waals surface area contributed by atoms with Crippen molar-refractivity contribution in [1.29, 1.82) is 0 Å². The van der Waals surface area contributed by atoms with Gasteiger partial charge >= 0.3 is 0 Å². The number of fused-ring (bicyclic) bond motifs is 2. The summed E-state index contributed by atoms with van der Waals surface area (Å²) in [4.78, 5) is 33.5. The SMILES string of the molecule is O=C(CCNCc1csc2ccccc12)N1CCc2nc(SC3CCC3)n(-c3ccccc3O)c(=O)c2C1. The van der Waals surface area contributed by atoms with Crippen LogP contribution >= 0.6 is 23.1 Å². The van der Waals surface area contributed by atoms with Gasteiger partial charge in [-0.05, 0) is 47.4 Å². The van der Waals surface area contributed by atoms with Gasteiger partial charge in [-0.2, -0.15) is 0 Å². The van der Waals surface area contributed by atoms with Gasteiger partial charge in [-0.25, -0.2) is 4.98 Å². The molecule has 196 valence electrons. The van der Waals surface area contributed by atoms with E-state index in [-0.39, 0.29) is 23.8 Å². The Morgan fingerprint density at radius 1 is 1.16 bits per heavy atom. The third-order valence-electron chi connectivity index (χ3n) is 7.39. The number of phenolic OH excluding ortho intramolecular Hbond substituents is 1. The molecule has 3 heterocycles. The number of benzene rings is 2. The van der Waals surface area contributed by atoms with Crippen molar-refractivity contribution in [2.24, 2.45) is 0 Å². The Kier molecular flexibility index (Phi) is 7.23. The average molecular weight is 547 g/mol. The fraction of sp³-hybridized carbons (Fsp3) is 0.345. The summed E-state index contributed by atoms with van der Waals surface area (Å²) in [5.74, 6) is 0.0692. The van der Waals surface area contributed by atoms with Gasteiger partial charge in [0.1, 0.15) is 5.75 Å². The number of carbonyl (C=O) groups excluding carboxylic acids is 1. The number of hydrogen-bond donors (Lipinski definition) is 2. The fourth-order valence-electron chi connectivity index (χ4n) is 5.00. The third-order valence-corrected chi connectivity index (χ3v) is 9.69. The minimum atomic E-state index is -0.196. The second kappa shape index (κ2) is 10.9. The molecule has 38 heavy (non-hydrogen) atoms. The van der Waals surface area contributed by atoms with E-state index in [1.165, 1.54) is 26.6 Å². The molecule has 0 atom stereocenters. The molecule has 2 aliphatic rings. The molecule has 0 bridgehead atoms. The summed E-state index contributed by atoms with van der Waals surface area (Å²) in [7, 11) is 0. The lowest BCUT2D eigenvalue weighted by Gasteiger charge is -2.30. The third kappa shape index (κ3) is 4.98. The van der Waals surface area contributed by atoms with Crippen LogP contribution in [0.3, 0.4) is 0 Å². The molecule has 7 nitrogen and oxygen atoms in total. The van der Waals surface area contributed by atoms with Crippen LogP contribution in [0.5, 0.6) is 5.75 Å². The van der Waals surface area contributed by atoms with Gasteiger partial charge in [-0.15, -0.1) is 11.3 Å². The molecule has 1 amide bonds. The molecule has 1 fully saturated rings. The van der Waals surface area contributed by atoms with E-state index in [0.29, 0.717) is 47.6 Å². The van der Waals surface area contributed by atoms with Gasteiger partial charge in [0, 0.05) is 42.4 Å². The van der Waals surface area contributed by atoms with Crippen molar-refractivity contribution in [1.82, 2.24) is 19.8 Å². The highest BCUT2D eigenvalue weighted by atomic mass is 32.2. The minimum Gasteiger partial charge on any atom is -0.506 e. The maximum Gasteiger partial charge on any atom is 0.264 e. The van der Waals surface area contributed by atoms with Crippen molar-refractivity contribution < 1.29 is 9.90 Å². The van der Waals surface area contributed by atoms with Crippen LogP contribution in [-0.2, 0) is 24.3 Å². The van der Waals surface area contributed by atoms with Gasteiger partial charge in [0.2, 0.25) is 5.91 Å². The number of nitrogens with one attached hydrogen (secondary N) is 1. The van der Waals surface area contributed by atoms with E-state index in [1.54, 1.807) is 52.3 Å². The second-order valence-electron chi connectivity index (χ2n) is 9.87. The number of carbonyl (C=O) groups is 1. The smallest absolute Gasteiger partial charge is 0.264 e. The number of amides is 1. The minimum absolute atomic E-state index is 0.0276. The summed E-state index contributed by atoms with van der Waals surface area (Å²) in [6.45, 7) is 2.10. The number of aromatic nitrogens is 2. The predicted octanol–water partition coefficient (Wildman–Crippen LogP) is 4.86. The lowest BCUT2D eigenvalue weighted by molar-refractivity contribution is -0.132. The van der Waals surface area contributed by atoms with Crippen LogP contribution in [0.2, 0.25) is 0 Å². The lowest BCUT2D eigenvalue weighted by atomic mass is 10.0. The number of nitrogens with zero attached hydrogens (tertiary/aromatic N) is 3. The van der Waals surface area contributed by atoms with Gasteiger partial charge < -0.3 is 15.3 Å². The van der Waals surface area contributed by atoms with E-state index < -0.39 is 0 Å². The molecule has 0 saturated heterocycles. The van der Waals surface area contributed by atoms with Crippen molar-refractivity contribution in [3.63, 3.8) is 0 Å². The van der Waals surface area contributed by atoms with Crippen LogP contribution in [0.4, 0.5) is 0 Å². The number of thiophene rings is 1. The van der Waals surface area contributed by atoms with E-state index in [2.05, 4.69) is 22.8 Å².